The molecule has 4 heteroatoms. The van der Waals surface area contributed by atoms with Gasteiger partial charge in [0.15, 0.2) is 11.6 Å². The summed E-state index contributed by atoms with van der Waals surface area (Å²) in [6.07, 6.45) is 3.55. The van der Waals surface area contributed by atoms with E-state index >= 15 is 0 Å². The molecule has 1 heterocycles. The summed E-state index contributed by atoms with van der Waals surface area (Å²) in [5.74, 6) is -0.107. The van der Waals surface area contributed by atoms with E-state index in [1.807, 2.05) is 6.07 Å². The lowest BCUT2D eigenvalue weighted by molar-refractivity contribution is 0.386. The highest BCUT2D eigenvalue weighted by Gasteiger charge is 2.19. The highest BCUT2D eigenvalue weighted by molar-refractivity contribution is 7.12. The van der Waals surface area contributed by atoms with Gasteiger partial charge in [-0.1, -0.05) is 6.07 Å². The largest absolute Gasteiger partial charge is 0.494 e. The van der Waals surface area contributed by atoms with Crippen molar-refractivity contribution in [1.29, 1.82) is 0 Å². The van der Waals surface area contributed by atoms with Crippen LogP contribution in [-0.2, 0) is 12.8 Å². The minimum Gasteiger partial charge on any atom is -0.494 e. The first-order valence-electron chi connectivity index (χ1n) is 6.39. The highest BCUT2D eigenvalue weighted by atomic mass is 32.1. The number of methoxy groups -OCH3 is 1. The molecule has 0 aliphatic heterocycles. The Bertz CT molecular complexity index is 587. The number of thiophene rings is 1. The number of fused-ring (bicyclic) bond motifs is 1. The van der Waals surface area contributed by atoms with Crippen LogP contribution in [0.1, 0.15) is 33.3 Å². The number of ether oxygens (including phenoxy) is 1. The molecule has 1 aromatic heterocycles. The standard InChI is InChI=1S/C15H16FNOS/c1-18-12-6-5-10(7-11(12)16)15(17)14-8-9-3-2-4-13(9)19-14/h5-8,15H,2-4,17H2,1H3. The lowest BCUT2D eigenvalue weighted by Gasteiger charge is -2.11. The van der Waals surface area contributed by atoms with Crippen LogP contribution >= 0.6 is 11.3 Å². The van der Waals surface area contributed by atoms with Crippen molar-refractivity contribution in [2.75, 3.05) is 7.11 Å². The van der Waals surface area contributed by atoms with Gasteiger partial charge in [0.05, 0.1) is 13.2 Å². The van der Waals surface area contributed by atoms with E-state index in [1.54, 1.807) is 17.4 Å². The second-order valence-electron chi connectivity index (χ2n) is 4.82. The van der Waals surface area contributed by atoms with Crippen LogP contribution in [0, 0.1) is 5.82 Å². The average Bonchev–Trinajstić information content (AvgIpc) is 2.98. The second kappa shape index (κ2) is 4.94. The third kappa shape index (κ3) is 2.26. The highest BCUT2D eigenvalue weighted by Crippen LogP contribution is 2.35. The Morgan fingerprint density at radius 2 is 2.16 bits per heavy atom. The van der Waals surface area contributed by atoms with Crippen molar-refractivity contribution >= 4 is 11.3 Å². The van der Waals surface area contributed by atoms with Gasteiger partial charge >= 0.3 is 0 Å². The van der Waals surface area contributed by atoms with Gasteiger partial charge in [-0.05, 0) is 48.6 Å². The van der Waals surface area contributed by atoms with Crippen LogP contribution in [0.2, 0.25) is 0 Å². The summed E-state index contributed by atoms with van der Waals surface area (Å²) < 4.78 is 18.6. The predicted octanol–water partition coefficient (Wildman–Crippen LogP) is 3.43. The van der Waals surface area contributed by atoms with Crippen molar-refractivity contribution in [2.45, 2.75) is 25.3 Å². The minimum atomic E-state index is -0.362. The Labute approximate surface area is 116 Å². The summed E-state index contributed by atoms with van der Waals surface area (Å²) in [6, 6.07) is 6.85. The zero-order chi connectivity index (χ0) is 13.4. The van der Waals surface area contributed by atoms with Gasteiger partial charge < -0.3 is 10.5 Å². The van der Waals surface area contributed by atoms with Crippen molar-refractivity contribution < 1.29 is 9.13 Å². The molecule has 0 amide bonds. The first-order chi connectivity index (χ1) is 9.19. The Balaban J connectivity index is 1.90. The first-order valence-corrected chi connectivity index (χ1v) is 7.21. The maximum absolute atomic E-state index is 13.7. The molecule has 0 fully saturated rings. The third-order valence-electron chi connectivity index (χ3n) is 3.61. The summed E-state index contributed by atoms with van der Waals surface area (Å²) in [5, 5.41) is 0. The van der Waals surface area contributed by atoms with Crippen LogP contribution in [0.5, 0.6) is 5.75 Å². The van der Waals surface area contributed by atoms with E-state index in [4.69, 9.17) is 10.5 Å². The fourth-order valence-electron chi connectivity index (χ4n) is 2.55. The van der Waals surface area contributed by atoms with Crippen molar-refractivity contribution in [2.24, 2.45) is 5.73 Å². The summed E-state index contributed by atoms with van der Waals surface area (Å²) in [4.78, 5) is 2.56. The molecule has 2 N–H and O–H groups in total. The summed E-state index contributed by atoms with van der Waals surface area (Å²) >= 11 is 1.76. The molecule has 1 aromatic carbocycles. The fourth-order valence-corrected chi connectivity index (χ4v) is 3.83. The molecule has 0 spiro atoms. The van der Waals surface area contributed by atoms with E-state index in [1.165, 1.54) is 30.0 Å². The molecule has 2 nitrogen and oxygen atoms in total. The quantitative estimate of drug-likeness (QED) is 0.933. The van der Waals surface area contributed by atoms with Gasteiger partial charge in [0.1, 0.15) is 0 Å². The van der Waals surface area contributed by atoms with Crippen LogP contribution < -0.4 is 10.5 Å². The van der Waals surface area contributed by atoms with E-state index in [0.29, 0.717) is 0 Å². The molecule has 100 valence electrons. The molecule has 19 heavy (non-hydrogen) atoms. The number of hydrogen-bond donors (Lipinski definition) is 1. The molecular formula is C15H16FNOS. The van der Waals surface area contributed by atoms with E-state index in [9.17, 15) is 4.39 Å². The minimum absolute atomic E-state index is 0.254. The molecule has 1 unspecified atom stereocenters. The van der Waals surface area contributed by atoms with Crippen molar-refractivity contribution in [3.05, 3.63) is 51.0 Å². The van der Waals surface area contributed by atoms with Crippen molar-refractivity contribution in [3.8, 4) is 5.75 Å². The molecule has 1 aliphatic carbocycles. The van der Waals surface area contributed by atoms with Crippen LogP contribution in [0.3, 0.4) is 0 Å². The van der Waals surface area contributed by atoms with E-state index in [2.05, 4.69) is 6.07 Å². The molecule has 0 saturated heterocycles. The Morgan fingerprint density at radius 3 is 2.84 bits per heavy atom. The molecule has 0 saturated carbocycles. The fraction of sp³-hybridized carbons (Fsp3) is 0.333. The Morgan fingerprint density at radius 1 is 1.32 bits per heavy atom. The van der Waals surface area contributed by atoms with Crippen LogP contribution in [0.25, 0.3) is 0 Å². The number of aryl methyl sites for hydroxylation is 2. The van der Waals surface area contributed by atoms with Gasteiger partial charge in [-0.25, -0.2) is 4.39 Å². The zero-order valence-electron chi connectivity index (χ0n) is 10.8. The molecule has 0 bridgehead atoms. The molecule has 1 atom stereocenters. The number of hydrogen-bond acceptors (Lipinski definition) is 3. The van der Waals surface area contributed by atoms with Crippen LogP contribution in [0.4, 0.5) is 4.39 Å². The SMILES string of the molecule is COc1ccc(C(N)c2cc3c(s2)CCC3)cc1F. The molecule has 3 rings (SSSR count). The molecule has 1 aliphatic rings. The predicted molar refractivity (Wildman–Crippen MR) is 75.3 cm³/mol. The lowest BCUT2D eigenvalue weighted by atomic mass is 10.0. The third-order valence-corrected chi connectivity index (χ3v) is 4.93. The monoisotopic (exact) mass is 277 g/mol. The maximum Gasteiger partial charge on any atom is 0.165 e. The van der Waals surface area contributed by atoms with E-state index < -0.39 is 0 Å². The molecular weight excluding hydrogens is 261 g/mol. The van der Waals surface area contributed by atoms with E-state index in [-0.39, 0.29) is 17.6 Å². The molecule has 0 radical (unpaired) electrons. The van der Waals surface area contributed by atoms with Gasteiger partial charge in [0, 0.05) is 9.75 Å². The first kappa shape index (κ1) is 12.6. The van der Waals surface area contributed by atoms with E-state index in [0.717, 1.165) is 23.3 Å². The van der Waals surface area contributed by atoms with Gasteiger partial charge in [-0.3, -0.25) is 0 Å². The maximum atomic E-state index is 13.7. The van der Waals surface area contributed by atoms with Crippen molar-refractivity contribution in [1.82, 2.24) is 0 Å². The van der Waals surface area contributed by atoms with Gasteiger partial charge in [-0.15, -0.1) is 11.3 Å². The second-order valence-corrected chi connectivity index (χ2v) is 5.99. The number of rotatable bonds is 3. The topological polar surface area (TPSA) is 35.2 Å². The van der Waals surface area contributed by atoms with Crippen molar-refractivity contribution in [3.63, 3.8) is 0 Å². The summed E-state index contributed by atoms with van der Waals surface area (Å²) in [6.45, 7) is 0. The Kier molecular flexibility index (Phi) is 3.29. The lowest BCUT2D eigenvalue weighted by Crippen LogP contribution is -2.10. The normalized spacial score (nSPS) is 15.3. The van der Waals surface area contributed by atoms with Gasteiger partial charge in [0.25, 0.3) is 0 Å². The summed E-state index contributed by atoms with van der Waals surface area (Å²) in [5.41, 5.74) is 8.45. The van der Waals surface area contributed by atoms with Gasteiger partial charge in [-0.2, -0.15) is 0 Å². The average molecular weight is 277 g/mol. The summed E-state index contributed by atoms with van der Waals surface area (Å²) in [7, 11) is 1.46. The number of halogens is 1. The zero-order valence-corrected chi connectivity index (χ0v) is 11.6. The smallest absolute Gasteiger partial charge is 0.165 e. The Hall–Kier alpha value is -1.39. The number of benzene rings is 1. The van der Waals surface area contributed by atoms with Crippen LogP contribution in [0.15, 0.2) is 24.3 Å². The molecule has 2 aromatic rings. The van der Waals surface area contributed by atoms with Crippen LogP contribution in [-0.4, -0.2) is 7.11 Å². The van der Waals surface area contributed by atoms with Gasteiger partial charge in [0.2, 0.25) is 0 Å². The number of nitrogens with two attached hydrogens (primary N) is 1.